The van der Waals surface area contributed by atoms with Gasteiger partial charge in [0, 0.05) is 13.0 Å². The van der Waals surface area contributed by atoms with Gasteiger partial charge in [0.15, 0.2) is 6.10 Å². The molecule has 3 rings (SSSR count). The van der Waals surface area contributed by atoms with Crippen LogP contribution in [0.15, 0.2) is 18.2 Å². The molecule has 1 aromatic carbocycles. The predicted octanol–water partition coefficient (Wildman–Crippen LogP) is 1.74. The van der Waals surface area contributed by atoms with Crippen molar-refractivity contribution >= 4 is 11.7 Å². The van der Waals surface area contributed by atoms with Crippen molar-refractivity contribution in [2.45, 2.75) is 25.4 Å². The van der Waals surface area contributed by atoms with E-state index in [0.717, 1.165) is 30.8 Å². The van der Waals surface area contributed by atoms with Gasteiger partial charge in [-0.2, -0.15) is 0 Å². The lowest BCUT2D eigenvalue weighted by Gasteiger charge is -2.22. The normalized spacial score (nSPS) is 22.6. The Labute approximate surface area is 99.9 Å². The van der Waals surface area contributed by atoms with Crippen molar-refractivity contribution in [1.82, 2.24) is 0 Å². The number of carbonyl (C=O) groups is 1. The number of cyclic esters (lactones) is 1. The van der Waals surface area contributed by atoms with E-state index in [1.807, 2.05) is 12.1 Å². The number of carbonyl (C=O) groups excluding carboxylic acids is 1. The minimum atomic E-state index is -0.440. The number of nitrogens with one attached hydrogen (secondary N) is 1. The van der Waals surface area contributed by atoms with E-state index in [1.54, 1.807) is 0 Å². The molecule has 90 valence electrons. The Bertz CT molecular complexity index is 444. The number of hydrogen-bond acceptors (Lipinski definition) is 4. The number of benzene rings is 1. The highest BCUT2D eigenvalue weighted by Gasteiger charge is 2.29. The summed E-state index contributed by atoms with van der Waals surface area (Å²) in [6.45, 7) is 1.43. The third kappa shape index (κ3) is 1.95. The third-order valence-electron chi connectivity index (χ3n) is 3.19. The van der Waals surface area contributed by atoms with E-state index >= 15 is 0 Å². The lowest BCUT2D eigenvalue weighted by atomic mass is 10.0. The summed E-state index contributed by atoms with van der Waals surface area (Å²) in [6, 6.07) is 5.98. The molecule has 2 heterocycles. The average molecular weight is 233 g/mol. The fraction of sp³-hybridized carbons (Fsp3) is 0.462. The standard InChI is InChI=1S/C13H15NO3/c15-13-11(6-8-16-13)17-10-5-1-3-9-4-2-7-14-12(9)10/h1,3,5,11,14H,2,4,6-8H2. The van der Waals surface area contributed by atoms with Crippen LogP contribution in [-0.4, -0.2) is 25.2 Å². The zero-order valence-electron chi connectivity index (χ0n) is 9.57. The predicted molar refractivity (Wildman–Crippen MR) is 63.2 cm³/mol. The molecular formula is C13H15NO3. The number of esters is 1. The molecule has 4 heteroatoms. The van der Waals surface area contributed by atoms with Crippen molar-refractivity contribution < 1.29 is 14.3 Å². The highest BCUT2D eigenvalue weighted by molar-refractivity contribution is 5.77. The Balaban J connectivity index is 1.85. The third-order valence-corrected chi connectivity index (χ3v) is 3.19. The first kappa shape index (κ1) is 10.4. The quantitative estimate of drug-likeness (QED) is 0.790. The molecule has 1 saturated heterocycles. The van der Waals surface area contributed by atoms with Gasteiger partial charge in [-0.1, -0.05) is 12.1 Å². The minimum Gasteiger partial charge on any atom is -0.476 e. The second-order valence-electron chi connectivity index (χ2n) is 4.38. The van der Waals surface area contributed by atoms with Crippen molar-refractivity contribution in [3.8, 4) is 5.75 Å². The van der Waals surface area contributed by atoms with Crippen molar-refractivity contribution in [2.24, 2.45) is 0 Å². The van der Waals surface area contributed by atoms with E-state index in [4.69, 9.17) is 9.47 Å². The van der Waals surface area contributed by atoms with E-state index in [0.29, 0.717) is 13.0 Å². The second-order valence-corrected chi connectivity index (χ2v) is 4.38. The molecule has 0 saturated carbocycles. The van der Waals surface area contributed by atoms with E-state index in [2.05, 4.69) is 11.4 Å². The molecule has 0 aromatic heterocycles. The Kier molecular flexibility index (Phi) is 2.63. The van der Waals surface area contributed by atoms with Gasteiger partial charge in [0.1, 0.15) is 5.75 Å². The summed E-state index contributed by atoms with van der Waals surface area (Å²) in [6.07, 6.45) is 2.41. The molecule has 1 fully saturated rings. The van der Waals surface area contributed by atoms with Crippen LogP contribution >= 0.6 is 0 Å². The molecule has 0 radical (unpaired) electrons. The van der Waals surface area contributed by atoms with Crippen molar-refractivity contribution in [3.63, 3.8) is 0 Å². The fourth-order valence-corrected chi connectivity index (χ4v) is 2.31. The summed E-state index contributed by atoms with van der Waals surface area (Å²) in [5.41, 5.74) is 2.30. The topological polar surface area (TPSA) is 47.6 Å². The molecular weight excluding hydrogens is 218 g/mol. The zero-order chi connectivity index (χ0) is 11.7. The lowest BCUT2D eigenvalue weighted by molar-refractivity contribution is -0.143. The Morgan fingerprint density at radius 1 is 1.41 bits per heavy atom. The molecule has 0 spiro atoms. The zero-order valence-corrected chi connectivity index (χ0v) is 9.57. The molecule has 1 aromatic rings. The van der Waals surface area contributed by atoms with Gasteiger partial charge in [-0.15, -0.1) is 0 Å². The molecule has 2 aliphatic heterocycles. The van der Waals surface area contributed by atoms with E-state index in [-0.39, 0.29) is 5.97 Å². The first-order chi connectivity index (χ1) is 8.34. The van der Waals surface area contributed by atoms with Gasteiger partial charge in [0.05, 0.1) is 12.3 Å². The van der Waals surface area contributed by atoms with Gasteiger partial charge in [0.25, 0.3) is 0 Å². The van der Waals surface area contributed by atoms with Gasteiger partial charge in [-0.3, -0.25) is 0 Å². The second kappa shape index (κ2) is 4.28. The van der Waals surface area contributed by atoms with Crippen LogP contribution in [0, 0.1) is 0 Å². The largest absolute Gasteiger partial charge is 0.476 e. The van der Waals surface area contributed by atoms with Crippen LogP contribution in [0.25, 0.3) is 0 Å². The summed E-state index contributed by atoms with van der Waals surface area (Å²) < 4.78 is 10.6. The highest BCUT2D eigenvalue weighted by Crippen LogP contribution is 2.33. The summed E-state index contributed by atoms with van der Waals surface area (Å²) in [7, 11) is 0. The Morgan fingerprint density at radius 3 is 3.18 bits per heavy atom. The van der Waals surface area contributed by atoms with E-state index < -0.39 is 6.10 Å². The van der Waals surface area contributed by atoms with Gasteiger partial charge >= 0.3 is 5.97 Å². The first-order valence-corrected chi connectivity index (χ1v) is 6.03. The van der Waals surface area contributed by atoms with Crippen molar-refractivity contribution in [2.75, 3.05) is 18.5 Å². The number of anilines is 1. The number of aryl methyl sites for hydroxylation is 1. The van der Waals surface area contributed by atoms with Crippen LogP contribution in [0.1, 0.15) is 18.4 Å². The molecule has 1 unspecified atom stereocenters. The van der Waals surface area contributed by atoms with Crippen molar-refractivity contribution in [3.05, 3.63) is 23.8 Å². The maximum atomic E-state index is 11.4. The van der Waals surface area contributed by atoms with Crippen LogP contribution in [0.3, 0.4) is 0 Å². The van der Waals surface area contributed by atoms with Crippen LogP contribution in [0.5, 0.6) is 5.75 Å². The number of ether oxygens (including phenoxy) is 2. The SMILES string of the molecule is O=C1OCCC1Oc1cccc2c1NCCC2. The Hall–Kier alpha value is -1.71. The van der Waals surface area contributed by atoms with Crippen LogP contribution in [0.2, 0.25) is 0 Å². The first-order valence-electron chi connectivity index (χ1n) is 6.03. The van der Waals surface area contributed by atoms with Gasteiger partial charge in [-0.05, 0) is 24.5 Å². The molecule has 1 N–H and O–H groups in total. The van der Waals surface area contributed by atoms with Crippen LogP contribution in [-0.2, 0) is 16.0 Å². The molecule has 1 atom stereocenters. The molecule has 4 nitrogen and oxygen atoms in total. The van der Waals surface area contributed by atoms with Crippen LogP contribution in [0.4, 0.5) is 5.69 Å². The van der Waals surface area contributed by atoms with Gasteiger partial charge in [0.2, 0.25) is 0 Å². The Morgan fingerprint density at radius 2 is 2.35 bits per heavy atom. The molecule has 0 amide bonds. The average Bonchev–Trinajstić information content (AvgIpc) is 2.76. The molecule has 2 aliphatic rings. The fourth-order valence-electron chi connectivity index (χ4n) is 2.31. The monoisotopic (exact) mass is 233 g/mol. The molecule has 0 bridgehead atoms. The molecule has 0 aliphatic carbocycles. The minimum absolute atomic E-state index is 0.251. The number of fused-ring (bicyclic) bond motifs is 1. The van der Waals surface area contributed by atoms with Crippen LogP contribution < -0.4 is 10.1 Å². The number of hydrogen-bond donors (Lipinski definition) is 1. The number of rotatable bonds is 2. The maximum absolute atomic E-state index is 11.4. The summed E-state index contributed by atoms with van der Waals surface area (Å²) in [5.74, 6) is 0.518. The van der Waals surface area contributed by atoms with Crippen molar-refractivity contribution in [1.29, 1.82) is 0 Å². The smallest absolute Gasteiger partial charge is 0.347 e. The van der Waals surface area contributed by atoms with Gasteiger partial charge < -0.3 is 14.8 Å². The summed E-state index contributed by atoms with van der Waals surface area (Å²) in [4.78, 5) is 11.4. The number of para-hydroxylation sites is 1. The van der Waals surface area contributed by atoms with Gasteiger partial charge in [-0.25, -0.2) is 4.79 Å². The maximum Gasteiger partial charge on any atom is 0.347 e. The molecule has 17 heavy (non-hydrogen) atoms. The summed E-state index contributed by atoms with van der Waals surface area (Å²) in [5, 5.41) is 3.34. The lowest BCUT2D eigenvalue weighted by Crippen LogP contribution is -2.23. The van der Waals surface area contributed by atoms with E-state index in [9.17, 15) is 4.79 Å². The summed E-state index contributed by atoms with van der Waals surface area (Å²) >= 11 is 0. The van der Waals surface area contributed by atoms with E-state index in [1.165, 1.54) is 5.56 Å². The highest BCUT2D eigenvalue weighted by atomic mass is 16.6.